The second-order valence-electron chi connectivity index (χ2n) is 5.43. The Morgan fingerprint density at radius 1 is 1.17 bits per heavy atom. The molecule has 0 saturated carbocycles. The molecule has 0 atom stereocenters. The number of nitrogens with one attached hydrogen (secondary N) is 1. The van der Waals surface area contributed by atoms with E-state index in [0.29, 0.717) is 13.1 Å². The first-order valence-corrected chi connectivity index (χ1v) is 7.68. The molecule has 120 valence electrons. The SMILES string of the molecule is CCN(C(=O)NCc1ccc2c(c1)OCO2)c1cccc(C)c1. The number of aryl methyl sites for hydroxylation is 1. The molecule has 0 aliphatic carbocycles. The third-order valence-corrected chi connectivity index (χ3v) is 3.76. The molecule has 0 unspecified atom stereocenters. The van der Waals surface area contributed by atoms with Gasteiger partial charge in [-0.15, -0.1) is 0 Å². The zero-order valence-electron chi connectivity index (χ0n) is 13.3. The van der Waals surface area contributed by atoms with Crippen LogP contribution < -0.4 is 19.7 Å². The van der Waals surface area contributed by atoms with E-state index in [1.807, 2.05) is 56.3 Å². The van der Waals surface area contributed by atoms with Crippen molar-refractivity contribution in [2.24, 2.45) is 0 Å². The fourth-order valence-electron chi connectivity index (χ4n) is 2.56. The highest BCUT2D eigenvalue weighted by Gasteiger charge is 2.16. The Balaban J connectivity index is 1.66. The molecule has 1 heterocycles. The van der Waals surface area contributed by atoms with Gasteiger partial charge in [0.15, 0.2) is 11.5 Å². The Morgan fingerprint density at radius 2 is 2.00 bits per heavy atom. The standard InChI is InChI=1S/C18H20N2O3/c1-3-20(15-6-4-5-13(2)9-15)18(21)19-11-14-7-8-16-17(10-14)23-12-22-16/h4-10H,3,11-12H2,1-2H3,(H,19,21). The second kappa shape index (κ2) is 6.60. The predicted molar refractivity (Wildman–Crippen MR) is 89.0 cm³/mol. The summed E-state index contributed by atoms with van der Waals surface area (Å²) in [5.74, 6) is 1.47. The predicted octanol–water partition coefficient (Wildman–Crippen LogP) is 3.46. The maximum Gasteiger partial charge on any atom is 0.322 e. The molecule has 0 radical (unpaired) electrons. The van der Waals surface area contributed by atoms with Crippen LogP contribution in [0.4, 0.5) is 10.5 Å². The first-order chi connectivity index (χ1) is 11.2. The average Bonchev–Trinajstić information content (AvgIpc) is 3.01. The number of amides is 2. The summed E-state index contributed by atoms with van der Waals surface area (Å²) in [4.78, 5) is 14.2. The number of hydrogen-bond donors (Lipinski definition) is 1. The van der Waals surface area contributed by atoms with Gasteiger partial charge >= 0.3 is 6.03 Å². The maximum atomic E-state index is 12.5. The number of benzene rings is 2. The van der Waals surface area contributed by atoms with Crippen molar-refractivity contribution in [3.8, 4) is 11.5 Å². The largest absolute Gasteiger partial charge is 0.454 e. The van der Waals surface area contributed by atoms with E-state index in [9.17, 15) is 4.79 Å². The molecule has 5 heteroatoms. The van der Waals surface area contributed by atoms with Crippen LogP contribution in [-0.2, 0) is 6.54 Å². The van der Waals surface area contributed by atoms with E-state index in [0.717, 1.165) is 28.3 Å². The lowest BCUT2D eigenvalue weighted by Gasteiger charge is -2.22. The number of rotatable bonds is 4. The molecule has 3 rings (SSSR count). The molecule has 2 aromatic rings. The summed E-state index contributed by atoms with van der Waals surface area (Å²) in [6.45, 7) is 5.28. The smallest absolute Gasteiger partial charge is 0.322 e. The van der Waals surface area contributed by atoms with Gasteiger partial charge in [0.05, 0.1) is 0 Å². The lowest BCUT2D eigenvalue weighted by Crippen LogP contribution is -2.39. The fourth-order valence-corrected chi connectivity index (χ4v) is 2.56. The van der Waals surface area contributed by atoms with Crippen LogP contribution in [0, 0.1) is 6.92 Å². The average molecular weight is 312 g/mol. The fraction of sp³-hybridized carbons (Fsp3) is 0.278. The number of ether oxygens (including phenoxy) is 2. The van der Waals surface area contributed by atoms with Gasteiger partial charge in [0.25, 0.3) is 0 Å². The highest BCUT2D eigenvalue weighted by molar-refractivity contribution is 5.91. The molecular weight excluding hydrogens is 292 g/mol. The van der Waals surface area contributed by atoms with Crippen LogP contribution in [0.2, 0.25) is 0 Å². The van der Waals surface area contributed by atoms with Gasteiger partial charge in [0, 0.05) is 18.8 Å². The summed E-state index contributed by atoms with van der Waals surface area (Å²) >= 11 is 0. The Hall–Kier alpha value is -2.69. The summed E-state index contributed by atoms with van der Waals surface area (Å²) in [6, 6.07) is 13.5. The lowest BCUT2D eigenvalue weighted by atomic mass is 10.2. The van der Waals surface area contributed by atoms with Gasteiger partial charge in [0.2, 0.25) is 6.79 Å². The Bertz CT molecular complexity index is 715. The van der Waals surface area contributed by atoms with E-state index in [-0.39, 0.29) is 12.8 Å². The van der Waals surface area contributed by atoms with Crippen molar-refractivity contribution in [3.63, 3.8) is 0 Å². The Kier molecular flexibility index (Phi) is 4.37. The van der Waals surface area contributed by atoms with Gasteiger partial charge in [0.1, 0.15) is 0 Å². The van der Waals surface area contributed by atoms with E-state index in [1.165, 1.54) is 0 Å². The van der Waals surface area contributed by atoms with Crippen LogP contribution in [0.1, 0.15) is 18.1 Å². The summed E-state index contributed by atoms with van der Waals surface area (Å²) in [5, 5.41) is 2.95. The molecule has 2 aromatic carbocycles. The molecular formula is C18H20N2O3. The van der Waals surface area contributed by atoms with Crippen molar-refractivity contribution in [2.75, 3.05) is 18.2 Å². The van der Waals surface area contributed by atoms with E-state index >= 15 is 0 Å². The third kappa shape index (κ3) is 3.39. The van der Waals surface area contributed by atoms with Gasteiger partial charge in [-0.2, -0.15) is 0 Å². The van der Waals surface area contributed by atoms with Crippen LogP contribution in [0.5, 0.6) is 11.5 Å². The van der Waals surface area contributed by atoms with Crippen molar-refractivity contribution >= 4 is 11.7 Å². The van der Waals surface area contributed by atoms with E-state index in [4.69, 9.17) is 9.47 Å². The van der Waals surface area contributed by atoms with Crippen LogP contribution in [-0.4, -0.2) is 19.4 Å². The number of carbonyl (C=O) groups is 1. The molecule has 0 saturated heterocycles. The highest BCUT2D eigenvalue weighted by Crippen LogP contribution is 2.32. The molecule has 1 aliphatic rings. The highest BCUT2D eigenvalue weighted by atomic mass is 16.7. The zero-order chi connectivity index (χ0) is 16.2. The van der Waals surface area contributed by atoms with Gasteiger partial charge in [-0.1, -0.05) is 18.2 Å². The summed E-state index contributed by atoms with van der Waals surface area (Å²) in [5.41, 5.74) is 3.00. The Labute approximate surface area is 135 Å². The number of carbonyl (C=O) groups excluding carboxylic acids is 1. The topological polar surface area (TPSA) is 50.8 Å². The third-order valence-electron chi connectivity index (χ3n) is 3.76. The van der Waals surface area contributed by atoms with Crippen LogP contribution >= 0.6 is 0 Å². The number of anilines is 1. The van der Waals surface area contributed by atoms with Crippen LogP contribution in [0.25, 0.3) is 0 Å². The van der Waals surface area contributed by atoms with Gasteiger partial charge in [-0.05, 0) is 49.2 Å². The van der Waals surface area contributed by atoms with E-state index in [2.05, 4.69) is 5.32 Å². The molecule has 1 aliphatic heterocycles. The van der Waals surface area contributed by atoms with E-state index in [1.54, 1.807) is 4.90 Å². The number of urea groups is 1. The minimum absolute atomic E-state index is 0.115. The van der Waals surface area contributed by atoms with Crippen molar-refractivity contribution in [2.45, 2.75) is 20.4 Å². The van der Waals surface area contributed by atoms with Crippen LogP contribution in [0.3, 0.4) is 0 Å². The van der Waals surface area contributed by atoms with E-state index < -0.39 is 0 Å². The number of fused-ring (bicyclic) bond motifs is 1. The van der Waals surface area contributed by atoms with Crippen molar-refractivity contribution in [1.82, 2.24) is 5.32 Å². The molecule has 0 aromatic heterocycles. The number of nitrogens with zero attached hydrogens (tertiary/aromatic N) is 1. The van der Waals surface area contributed by atoms with Gasteiger partial charge < -0.3 is 14.8 Å². The zero-order valence-corrected chi connectivity index (χ0v) is 13.3. The minimum Gasteiger partial charge on any atom is -0.454 e. The second-order valence-corrected chi connectivity index (χ2v) is 5.43. The molecule has 0 fully saturated rings. The monoisotopic (exact) mass is 312 g/mol. The first-order valence-electron chi connectivity index (χ1n) is 7.68. The van der Waals surface area contributed by atoms with Crippen LogP contribution in [0.15, 0.2) is 42.5 Å². The normalized spacial score (nSPS) is 12.1. The van der Waals surface area contributed by atoms with Gasteiger partial charge in [-0.3, -0.25) is 4.90 Å². The molecule has 0 spiro atoms. The lowest BCUT2D eigenvalue weighted by molar-refractivity contribution is 0.174. The molecule has 2 amide bonds. The van der Waals surface area contributed by atoms with Crippen molar-refractivity contribution in [3.05, 3.63) is 53.6 Å². The molecule has 0 bridgehead atoms. The summed E-state index contributed by atoms with van der Waals surface area (Å²) in [7, 11) is 0. The maximum absolute atomic E-state index is 12.5. The Morgan fingerprint density at radius 3 is 2.78 bits per heavy atom. The van der Waals surface area contributed by atoms with Crippen molar-refractivity contribution < 1.29 is 14.3 Å². The minimum atomic E-state index is -0.115. The number of hydrogen-bond acceptors (Lipinski definition) is 3. The first kappa shape index (κ1) is 15.2. The molecule has 23 heavy (non-hydrogen) atoms. The van der Waals surface area contributed by atoms with Crippen molar-refractivity contribution in [1.29, 1.82) is 0 Å². The quantitative estimate of drug-likeness (QED) is 0.940. The summed E-state index contributed by atoms with van der Waals surface area (Å²) < 4.78 is 10.6. The summed E-state index contributed by atoms with van der Waals surface area (Å²) in [6.07, 6.45) is 0. The molecule has 1 N–H and O–H groups in total. The van der Waals surface area contributed by atoms with Gasteiger partial charge in [-0.25, -0.2) is 4.79 Å². The molecule has 5 nitrogen and oxygen atoms in total.